The van der Waals surface area contributed by atoms with E-state index in [-0.39, 0.29) is 17.9 Å². The Morgan fingerprint density at radius 1 is 0.938 bits per heavy atom. The summed E-state index contributed by atoms with van der Waals surface area (Å²) >= 11 is 0. The molecule has 0 saturated carbocycles. The van der Waals surface area contributed by atoms with E-state index in [4.69, 9.17) is 4.98 Å². The Hall–Kier alpha value is -3.93. The number of amides is 2. The molecule has 0 radical (unpaired) electrons. The van der Waals surface area contributed by atoms with Crippen LogP contribution in [0.2, 0.25) is 0 Å². The Kier molecular flexibility index (Phi) is 5.42. The number of aromatic nitrogens is 2. The first-order valence-corrected chi connectivity index (χ1v) is 10.9. The lowest BCUT2D eigenvalue weighted by atomic mass is 10.1. The van der Waals surface area contributed by atoms with Gasteiger partial charge in [-0.2, -0.15) is 0 Å². The van der Waals surface area contributed by atoms with Crippen molar-refractivity contribution in [1.82, 2.24) is 19.6 Å². The Morgan fingerprint density at radius 3 is 2.44 bits per heavy atom. The molecule has 0 aliphatic carbocycles. The molecule has 6 heteroatoms. The number of carbonyl (C=O) groups is 2. The molecule has 0 spiro atoms. The molecule has 4 aromatic rings. The van der Waals surface area contributed by atoms with Crippen molar-refractivity contribution in [3.05, 3.63) is 108 Å². The molecule has 3 heterocycles. The molecule has 2 aromatic heterocycles. The highest BCUT2D eigenvalue weighted by atomic mass is 16.2. The maximum atomic E-state index is 13.2. The third-order valence-electron chi connectivity index (χ3n) is 5.92. The van der Waals surface area contributed by atoms with Crippen LogP contribution >= 0.6 is 0 Å². The van der Waals surface area contributed by atoms with E-state index in [0.717, 1.165) is 29.7 Å². The van der Waals surface area contributed by atoms with Crippen LogP contribution in [0.15, 0.2) is 85.1 Å². The second-order valence-corrected chi connectivity index (χ2v) is 7.97. The van der Waals surface area contributed by atoms with Gasteiger partial charge in [0.1, 0.15) is 5.82 Å². The molecule has 1 aliphatic heterocycles. The van der Waals surface area contributed by atoms with Gasteiger partial charge in [0.2, 0.25) is 0 Å². The van der Waals surface area contributed by atoms with Crippen LogP contribution in [0.3, 0.4) is 0 Å². The average molecular weight is 425 g/mol. The SMILES string of the molecule is O=C(NCc1ccccc1)c1nc([C@@H]2CCCN2C(=O)c2ccccc2)n2ccccc12. The fourth-order valence-electron chi connectivity index (χ4n) is 4.35. The summed E-state index contributed by atoms with van der Waals surface area (Å²) in [6.45, 7) is 1.11. The van der Waals surface area contributed by atoms with E-state index in [0.29, 0.717) is 24.3 Å². The van der Waals surface area contributed by atoms with Gasteiger partial charge in [0, 0.05) is 24.8 Å². The Bertz CT molecular complexity index is 1250. The van der Waals surface area contributed by atoms with Crippen molar-refractivity contribution in [2.75, 3.05) is 6.54 Å². The van der Waals surface area contributed by atoms with Gasteiger partial charge in [-0.05, 0) is 42.7 Å². The van der Waals surface area contributed by atoms with Crippen molar-refractivity contribution in [2.24, 2.45) is 0 Å². The molecule has 2 aromatic carbocycles. The summed E-state index contributed by atoms with van der Waals surface area (Å²) in [5, 5.41) is 2.98. The van der Waals surface area contributed by atoms with Gasteiger partial charge in [-0.1, -0.05) is 54.6 Å². The predicted molar refractivity (Wildman–Crippen MR) is 122 cm³/mol. The third kappa shape index (κ3) is 3.75. The summed E-state index contributed by atoms with van der Waals surface area (Å²) in [6, 6.07) is 24.7. The molecular weight excluding hydrogens is 400 g/mol. The third-order valence-corrected chi connectivity index (χ3v) is 5.92. The fourth-order valence-corrected chi connectivity index (χ4v) is 4.35. The molecule has 5 rings (SSSR count). The molecule has 1 atom stereocenters. The number of hydrogen-bond donors (Lipinski definition) is 1. The summed E-state index contributed by atoms with van der Waals surface area (Å²) in [5.74, 6) is 0.505. The van der Waals surface area contributed by atoms with E-state index in [1.807, 2.05) is 94.4 Å². The lowest BCUT2D eigenvalue weighted by Crippen LogP contribution is -2.31. The highest BCUT2D eigenvalue weighted by Gasteiger charge is 2.34. The molecule has 1 fully saturated rings. The molecule has 1 N–H and O–H groups in total. The van der Waals surface area contributed by atoms with Crippen LogP contribution in [0.25, 0.3) is 5.52 Å². The quantitative estimate of drug-likeness (QED) is 0.521. The van der Waals surface area contributed by atoms with E-state index in [9.17, 15) is 9.59 Å². The highest BCUT2D eigenvalue weighted by Crippen LogP contribution is 2.33. The van der Waals surface area contributed by atoms with Crippen LogP contribution in [-0.4, -0.2) is 32.6 Å². The number of benzene rings is 2. The maximum Gasteiger partial charge on any atom is 0.272 e. The first-order chi connectivity index (χ1) is 15.7. The second-order valence-electron chi connectivity index (χ2n) is 7.97. The van der Waals surface area contributed by atoms with Crippen molar-refractivity contribution >= 4 is 17.3 Å². The highest BCUT2D eigenvalue weighted by molar-refractivity contribution is 5.99. The number of pyridine rings is 1. The zero-order chi connectivity index (χ0) is 21.9. The fraction of sp³-hybridized carbons (Fsp3) is 0.192. The number of likely N-dealkylation sites (tertiary alicyclic amines) is 1. The minimum Gasteiger partial charge on any atom is -0.347 e. The Balaban J connectivity index is 1.45. The first kappa shape index (κ1) is 20.0. The summed E-state index contributed by atoms with van der Waals surface area (Å²) in [5.41, 5.74) is 2.82. The Morgan fingerprint density at radius 2 is 1.66 bits per heavy atom. The van der Waals surface area contributed by atoms with Crippen LogP contribution in [-0.2, 0) is 6.54 Å². The standard InChI is InChI=1S/C26H24N4O2/c31-25(27-18-19-10-3-1-4-11-19)23-21-14-7-8-16-29(21)24(28-23)22-15-9-17-30(22)26(32)20-12-5-2-6-13-20/h1-8,10-14,16,22H,9,15,17-18H2,(H,27,31)/t22-/m0/s1. The minimum absolute atomic E-state index is 0.00383. The van der Waals surface area contributed by atoms with Gasteiger partial charge < -0.3 is 14.6 Å². The summed E-state index contributed by atoms with van der Waals surface area (Å²) < 4.78 is 1.94. The van der Waals surface area contributed by atoms with Crippen molar-refractivity contribution in [3.8, 4) is 0 Å². The van der Waals surface area contributed by atoms with E-state index in [1.165, 1.54) is 0 Å². The van der Waals surface area contributed by atoms with Gasteiger partial charge in [-0.3, -0.25) is 9.59 Å². The summed E-state index contributed by atoms with van der Waals surface area (Å²) in [7, 11) is 0. The van der Waals surface area contributed by atoms with Crippen LogP contribution in [0.4, 0.5) is 0 Å². The minimum atomic E-state index is -0.220. The van der Waals surface area contributed by atoms with E-state index >= 15 is 0 Å². The van der Waals surface area contributed by atoms with Crippen LogP contribution in [0, 0.1) is 0 Å². The number of rotatable bonds is 5. The Labute approximate surface area is 186 Å². The zero-order valence-electron chi connectivity index (χ0n) is 17.6. The molecule has 0 bridgehead atoms. The van der Waals surface area contributed by atoms with Crippen LogP contribution in [0.1, 0.15) is 51.1 Å². The van der Waals surface area contributed by atoms with Gasteiger partial charge in [-0.25, -0.2) is 4.98 Å². The normalized spacial score (nSPS) is 15.8. The maximum absolute atomic E-state index is 13.2. The largest absolute Gasteiger partial charge is 0.347 e. The molecule has 2 amide bonds. The first-order valence-electron chi connectivity index (χ1n) is 10.9. The van der Waals surface area contributed by atoms with Crippen LogP contribution in [0.5, 0.6) is 0 Å². The monoisotopic (exact) mass is 424 g/mol. The lowest BCUT2D eigenvalue weighted by molar-refractivity contribution is 0.0729. The summed E-state index contributed by atoms with van der Waals surface area (Å²) in [6.07, 6.45) is 3.63. The molecule has 32 heavy (non-hydrogen) atoms. The molecule has 1 aliphatic rings. The number of hydrogen-bond acceptors (Lipinski definition) is 3. The van der Waals surface area contributed by atoms with Gasteiger partial charge in [-0.15, -0.1) is 0 Å². The van der Waals surface area contributed by atoms with Gasteiger partial charge in [0.15, 0.2) is 5.69 Å². The van der Waals surface area contributed by atoms with E-state index in [1.54, 1.807) is 0 Å². The lowest BCUT2D eigenvalue weighted by Gasteiger charge is -2.24. The van der Waals surface area contributed by atoms with Crippen molar-refractivity contribution in [3.63, 3.8) is 0 Å². The number of imidazole rings is 1. The van der Waals surface area contributed by atoms with Crippen molar-refractivity contribution in [1.29, 1.82) is 0 Å². The average Bonchev–Trinajstić information content (AvgIpc) is 3.48. The topological polar surface area (TPSA) is 66.7 Å². The number of nitrogens with one attached hydrogen (secondary N) is 1. The zero-order valence-corrected chi connectivity index (χ0v) is 17.6. The van der Waals surface area contributed by atoms with E-state index in [2.05, 4.69) is 5.32 Å². The molecular formula is C26H24N4O2. The van der Waals surface area contributed by atoms with Crippen LogP contribution < -0.4 is 5.32 Å². The number of nitrogens with zero attached hydrogens (tertiary/aromatic N) is 3. The molecule has 6 nitrogen and oxygen atoms in total. The number of carbonyl (C=O) groups excluding carboxylic acids is 2. The molecule has 1 saturated heterocycles. The van der Waals surface area contributed by atoms with Crippen molar-refractivity contribution < 1.29 is 9.59 Å². The summed E-state index contributed by atoms with van der Waals surface area (Å²) in [4.78, 5) is 32.9. The van der Waals surface area contributed by atoms with Crippen molar-refractivity contribution in [2.45, 2.75) is 25.4 Å². The predicted octanol–water partition coefficient (Wildman–Crippen LogP) is 4.24. The van der Waals surface area contributed by atoms with Gasteiger partial charge >= 0.3 is 0 Å². The van der Waals surface area contributed by atoms with Gasteiger partial charge in [0.05, 0.1) is 11.6 Å². The van der Waals surface area contributed by atoms with Gasteiger partial charge in [0.25, 0.3) is 11.8 Å². The van der Waals surface area contributed by atoms with E-state index < -0.39 is 0 Å². The second kappa shape index (κ2) is 8.67. The number of fused-ring (bicyclic) bond motifs is 1. The smallest absolute Gasteiger partial charge is 0.272 e. The molecule has 0 unspecified atom stereocenters. The molecule has 160 valence electrons.